The van der Waals surface area contributed by atoms with Gasteiger partial charge in [0.1, 0.15) is 5.58 Å². The summed E-state index contributed by atoms with van der Waals surface area (Å²) in [7, 11) is 0. The van der Waals surface area contributed by atoms with Crippen LogP contribution in [0.2, 0.25) is 5.02 Å². The highest BCUT2D eigenvalue weighted by Gasteiger charge is 2.12. The summed E-state index contributed by atoms with van der Waals surface area (Å²) in [6.07, 6.45) is 0. The number of phenols is 1. The summed E-state index contributed by atoms with van der Waals surface area (Å²) in [4.78, 5) is 12.2. The lowest BCUT2D eigenvalue weighted by Gasteiger charge is -2.03. The first-order valence-electron chi connectivity index (χ1n) is 5.01. The van der Waals surface area contributed by atoms with E-state index >= 15 is 0 Å². The lowest BCUT2D eigenvalue weighted by atomic mass is 10.1. The van der Waals surface area contributed by atoms with Crippen LogP contribution in [0.15, 0.2) is 45.6 Å². The molecule has 1 N–H and O–H groups in total. The molecule has 3 aromatic rings. The van der Waals surface area contributed by atoms with Crippen molar-refractivity contribution in [3.8, 4) is 5.75 Å². The van der Waals surface area contributed by atoms with Gasteiger partial charge in [-0.25, -0.2) is 0 Å². The van der Waals surface area contributed by atoms with Gasteiger partial charge in [0.2, 0.25) is 5.43 Å². The molecule has 0 saturated heterocycles. The fourth-order valence-corrected chi connectivity index (χ4v) is 2.12. The van der Waals surface area contributed by atoms with Crippen molar-refractivity contribution in [2.24, 2.45) is 0 Å². The van der Waals surface area contributed by atoms with Crippen molar-refractivity contribution in [1.82, 2.24) is 0 Å². The van der Waals surface area contributed by atoms with E-state index in [1.165, 1.54) is 6.07 Å². The van der Waals surface area contributed by atoms with Crippen LogP contribution in [0.25, 0.3) is 21.9 Å². The zero-order valence-electron chi connectivity index (χ0n) is 8.61. The van der Waals surface area contributed by atoms with E-state index in [4.69, 9.17) is 16.0 Å². The van der Waals surface area contributed by atoms with Gasteiger partial charge in [-0.2, -0.15) is 0 Å². The molecule has 0 spiro atoms. The van der Waals surface area contributed by atoms with Crippen LogP contribution in [0.5, 0.6) is 5.75 Å². The third-order valence-corrected chi connectivity index (χ3v) is 2.97. The van der Waals surface area contributed by atoms with Crippen molar-refractivity contribution >= 4 is 33.5 Å². The van der Waals surface area contributed by atoms with E-state index in [-0.39, 0.29) is 16.8 Å². The van der Waals surface area contributed by atoms with Crippen LogP contribution >= 0.6 is 11.6 Å². The lowest BCUT2D eigenvalue weighted by Crippen LogP contribution is -2.02. The Morgan fingerprint density at radius 2 is 1.88 bits per heavy atom. The number of benzene rings is 2. The first-order valence-corrected chi connectivity index (χ1v) is 5.39. The largest absolute Gasteiger partial charge is 0.504 e. The van der Waals surface area contributed by atoms with Gasteiger partial charge >= 0.3 is 0 Å². The number of aromatic hydroxyl groups is 1. The van der Waals surface area contributed by atoms with Gasteiger partial charge in [-0.3, -0.25) is 4.79 Å². The van der Waals surface area contributed by atoms with Gasteiger partial charge in [0.05, 0.1) is 15.8 Å². The summed E-state index contributed by atoms with van der Waals surface area (Å²) in [6, 6.07) is 9.64. The number of halogens is 1. The average Bonchev–Trinajstić information content (AvgIpc) is 2.31. The van der Waals surface area contributed by atoms with Gasteiger partial charge in [-0.15, -0.1) is 0 Å². The van der Waals surface area contributed by atoms with E-state index in [0.717, 1.165) is 0 Å². The maximum absolute atomic E-state index is 12.2. The topological polar surface area (TPSA) is 50.4 Å². The molecule has 0 aliphatic carbocycles. The molecule has 2 aromatic carbocycles. The number of para-hydroxylation sites is 1. The van der Waals surface area contributed by atoms with Crippen LogP contribution in [0, 0.1) is 0 Å². The fraction of sp³-hybridized carbons (Fsp3) is 0. The van der Waals surface area contributed by atoms with Gasteiger partial charge in [0, 0.05) is 0 Å². The van der Waals surface area contributed by atoms with E-state index in [9.17, 15) is 9.90 Å². The maximum Gasteiger partial charge on any atom is 0.202 e. The first-order chi connectivity index (χ1) is 8.18. The number of fused-ring (bicyclic) bond motifs is 2. The highest BCUT2D eigenvalue weighted by Crippen LogP contribution is 2.28. The standard InChI is InChI=1S/C13H7ClO3/c14-8-4-2-6-10-11(8)12(16)7-3-1-5-9(15)13(7)17-10/h1-6,15H. The second-order valence-electron chi connectivity index (χ2n) is 3.70. The summed E-state index contributed by atoms with van der Waals surface area (Å²) >= 11 is 5.98. The van der Waals surface area contributed by atoms with Crippen molar-refractivity contribution in [2.75, 3.05) is 0 Å². The monoisotopic (exact) mass is 246 g/mol. The molecule has 3 nitrogen and oxygen atoms in total. The van der Waals surface area contributed by atoms with Crippen LogP contribution in [-0.4, -0.2) is 5.11 Å². The molecular formula is C13H7ClO3. The third-order valence-electron chi connectivity index (χ3n) is 2.65. The van der Waals surface area contributed by atoms with Crippen LogP contribution in [0.4, 0.5) is 0 Å². The van der Waals surface area contributed by atoms with Gasteiger partial charge in [0.25, 0.3) is 0 Å². The Hall–Kier alpha value is -2.00. The minimum absolute atomic E-state index is 0.0542. The highest BCUT2D eigenvalue weighted by atomic mass is 35.5. The zero-order chi connectivity index (χ0) is 12.0. The van der Waals surface area contributed by atoms with Gasteiger partial charge in [-0.1, -0.05) is 23.7 Å². The molecule has 0 bridgehead atoms. The quantitative estimate of drug-likeness (QED) is 0.619. The number of rotatable bonds is 0. The van der Waals surface area contributed by atoms with E-state index in [0.29, 0.717) is 21.4 Å². The minimum atomic E-state index is -0.234. The van der Waals surface area contributed by atoms with Crippen molar-refractivity contribution in [1.29, 1.82) is 0 Å². The fourth-order valence-electron chi connectivity index (χ4n) is 1.87. The molecule has 84 valence electrons. The molecule has 3 rings (SSSR count). The molecule has 1 heterocycles. The van der Waals surface area contributed by atoms with Crippen LogP contribution in [0.3, 0.4) is 0 Å². The molecule has 0 atom stereocenters. The number of hydrogen-bond acceptors (Lipinski definition) is 3. The Labute approximate surface area is 101 Å². The number of phenolic OH excluding ortho intramolecular Hbond substituents is 1. The van der Waals surface area contributed by atoms with Gasteiger partial charge in [0.15, 0.2) is 11.3 Å². The highest BCUT2D eigenvalue weighted by molar-refractivity contribution is 6.35. The second kappa shape index (κ2) is 3.50. The van der Waals surface area contributed by atoms with Crippen molar-refractivity contribution in [3.05, 3.63) is 51.6 Å². The molecule has 0 aliphatic rings. The molecule has 0 radical (unpaired) electrons. The predicted octanol–water partition coefficient (Wildman–Crippen LogP) is 3.31. The Morgan fingerprint density at radius 1 is 1.12 bits per heavy atom. The van der Waals surface area contributed by atoms with Crippen molar-refractivity contribution in [3.63, 3.8) is 0 Å². The van der Waals surface area contributed by atoms with E-state index in [1.54, 1.807) is 30.3 Å². The van der Waals surface area contributed by atoms with E-state index in [1.807, 2.05) is 0 Å². The molecular weight excluding hydrogens is 240 g/mol. The Bertz CT molecular complexity index is 790. The average molecular weight is 247 g/mol. The second-order valence-corrected chi connectivity index (χ2v) is 4.11. The Morgan fingerprint density at radius 3 is 2.71 bits per heavy atom. The summed E-state index contributed by atoms with van der Waals surface area (Å²) in [6.45, 7) is 0. The summed E-state index contributed by atoms with van der Waals surface area (Å²) < 4.78 is 5.50. The molecule has 0 unspecified atom stereocenters. The van der Waals surface area contributed by atoms with Gasteiger partial charge < -0.3 is 9.52 Å². The minimum Gasteiger partial charge on any atom is -0.504 e. The third kappa shape index (κ3) is 1.40. The van der Waals surface area contributed by atoms with Crippen LogP contribution < -0.4 is 5.43 Å². The SMILES string of the molecule is O=c1c2cccc(O)c2oc2cccc(Cl)c12. The molecule has 0 aliphatic heterocycles. The molecule has 4 heteroatoms. The Balaban J connectivity index is 2.68. The zero-order valence-corrected chi connectivity index (χ0v) is 9.36. The summed E-state index contributed by atoms with van der Waals surface area (Å²) in [5.74, 6) is -0.0542. The summed E-state index contributed by atoms with van der Waals surface area (Å²) in [5.41, 5.74) is 0.325. The van der Waals surface area contributed by atoms with Gasteiger partial charge in [-0.05, 0) is 24.3 Å². The smallest absolute Gasteiger partial charge is 0.202 e. The number of hydrogen-bond donors (Lipinski definition) is 1. The predicted molar refractivity (Wildman–Crippen MR) is 66.7 cm³/mol. The van der Waals surface area contributed by atoms with E-state index < -0.39 is 0 Å². The first kappa shape index (κ1) is 10.2. The van der Waals surface area contributed by atoms with E-state index in [2.05, 4.69) is 0 Å². The van der Waals surface area contributed by atoms with Crippen LogP contribution in [0.1, 0.15) is 0 Å². The lowest BCUT2D eigenvalue weighted by molar-refractivity contribution is 0.467. The molecule has 1 aromatic heterocycles. The van der Waals surface area contributed by atoms with Crippen molar-refractivity contribution < 1.29 is 9.52 Å². The molecule has 0 fully saturated rings. The molecule has 0 amide bonds. The Kier molecular flexibility index (Phi) is 2.09. The van der Waals surface area contributed by atoms with Crippen LogP contribution in [-0.2, 0) is 0 Å². The molecule has 17 heavy (non-hydrogen) atoms. The maximum atomic E-state index is 12.2. The van der Waals surface area contributed by atoms with Crippen molar-refractivity contribution in [2.45, 2.75) is 0 Å². The molecule has 0 saturated carbocycles. The summed E-state index contributed by atoms with van der Waals surface area (Å²) in [5, 5.41) is 10.7. The normalized spacial score (nSPS) is 11.1.